The first kappa shape index (κ1) is 25.7. The van der Waals surface area contributed by atoms with Crippen molar-refractivity contribution in [2.45, 2.75) is 45.6 Å². The van der Waals surface area contributed by atoms with Crippen LogP contribution in [0.25, 0.3) is 0 Å². The number of aliphatic carboxylic acids is 1. The molecule has 184 valence electrons. The second kappa shape index (κ2) is 12.0. The average molecular weight is 478 g/mol. The van der Waals surface area contributed by atoms with E-state index in [1.54, 1.807) is 42.5 Å². The van der Waals surface area contributed by atoms with Crippen molar-refractivity contribution in [3.05, 3.63) is 94.3 Å². The first-order chi connectivity index (χ1) is 16.8. The van der Waals surface area contributed by atoms with Crippen molar-refractivity contribution < 1.29 is 19.0 Å². The fraction of sp³-hybridized carbons (Fsp3) is 0.286. The third kappa shape index (κ3) is 6.59. The molecule has 7 heteroatoms. The van der Waals surface area contributed by atoms with E-state index in [0.717, 1.165) is 30.4 Å². The van der Waals surface area contributed by atoms with Gasteiger partial charge in [-0.25, -0.2) is 9.18 Å². The van der Waals surface area contributed by atoms with Crippen LogP contribution in [0.5, 0.6) is 5.75 Å². The molecule has 0 radical (unpaired) electrons. The Kier molecular flexibility index (Phi) is 8.84. The summed E-state index contributed by atoms with van der Waals surface area (Å²) < 4.78 is 20.3. The summed E-state index contributed by atoms with van der Waals surface area (Å²) in [4.78, 5) is 12.4. The molecule has 0 spiro atoms. The second-order valence-electron chi connectivity index (χ2n) is 8.37. The molecule has 0 unspecified atom stereocenters. The van der Waals surface area contributed by atoms with Crippen LogP contribution in [0.4, 0.5) is 10.1 Å². The van der Waals surface area contributed by atoms with E-state index in [1.807, 2.05) is 13.0 Å². The Hall–Kier alpha value is -3.87. The molecule has 0 amide bonds. The van der Waals surface area contributed by atoms with Crippen LogP contribution >= 0.6 is 0 Å². The number of nitrogen functional groups attached to an aromatic ring is 1. The predicted molar refractivity (Wildman–Crippen MR) is 137 cm³/mol. The Bertz CT molecular complexity index is 1180. The summed E-state index contributed by atoms with van der Waals surface area (Å²) in [7, 11) is 0. The highest BCUT2D eigenvalue weighted by atomic mass is 19.1. The average Bonchev–Trinajstić information content (AvgIpc) is 2.84. The summed E-state index contributed by atoms with van der Waals surface area (Å²) in [5, 5.41) is 20.8. The number of amidine groups is 1. The standard InChI is InChI=1S/C28H32FN3O3/c1-3-7-21-16-18(4-2)17-23(26(21)35-15-14-19-8-5-6-9-24(19)29)25(28(33)34)32-22-12-10-20(11-13-22)27(30)31/h5-6,8-13,16-17,25,32H,3-4,7,14-15H2,1-2H3,(H3,30,31)(H,33,34)/t25-/m1/s1. The summed E-state index contributed by atoms with van der Waals surface area (Å²) in [6.07, 6.45) is 2.72. The van der Waals surface area contributed by atoms with Crippen molar-refractivity contribution in [2.75, 3.05) is 11.9 Å². The quantitative estimate of drug-likeness (QED) is 0.204. The number of halogens is 1. The molecule has 3 rings (SSSR count). The lowest BCUT2D eigenvalue weighted by atomic mass is 9.95. The van der Waals surface area contributed by atoms with Crippen LogP contribution in [0.3, 0.4) is 0 Å². The summed E-state index contributed by atoms with van der Waals surface area (Å²) in [6.45, 7) is 4.30. The highest BCUT2D eigenvalue weighted by Gasteiger charge is 2.26. The molecular weight excluding hydrogens is 445 g/mol. The molecule has 0 aliphatic rings. The maximum Gasteiger partial charge on any atom is 0.330 e. The molecule has 0 saturated carbocycles. The van der Waals surface area contributed by atoms with E-state index in [9.17, 15) is 14.3 Å². The van der Waals surface area contributed by atoms with E-state index in [-0.39, 0.29) is 18.3 Å². The van der Waals surface area contributed by atoms with Gasteiger partial charge in [-0.05, 0) is 65.9 Å². The zero-order valence-electron chi connectivity index (χ0n) is 20.1. The first-order valence-corrected chi connectivity index (χ1v) is 11.8. The number of aryl methyl sites for hydroxylation is 2. The zero-order chi connectivity index (χ0) is 25.4. The molecule has 0 aliphatic heterocycles. The number of ether oxygens (including phenoxy) is 1. The molecule has 0 fully saturated rings. The monoisotopic (exact) mass is 477 g/mol. The number of anilines is 1. The van der Waals surface area contributed by atoms with Crippen LogP contribution in [-0.4, -0.2) is 23.5 Å². The molecule has 1 atom stereocenters. The molecule has 0 aliphatic carbocycles. The SMILES string of the molecule is CCCc1cc(CC)cc([C@@H](Nc2ccc(C(=N)N)cc2)C(=O)O)c1OCCc1ccccc1F. The fourth-order valence-electron chi connectivity index (χ4n) is 3.98. The second-order valence-corrected chi connectivity index (χ2v) is 8.37. The van der Waals surface area contributed by atoms with Crippen LogP contribution in [0.1, 0.15) is 54.1 Å². The van der Waals surface area contributed by atoms with E-state index in [0.29, 0.717) is 34.5 Å². The van der Waals surface area contributed by atoms with Gasteiger partial charge in [-0.2, -0.15) is 0 Å². The Morgan fingerprint density at radius 2 is 1.80 bits per heavy atom. The molecule has 6 nitrogen and oxygen atoms in total. The minimum absolute atomic E-state index is 0.0586. The number of carboxylic acid groups (broad SMARTS) is 1. The van der Waals surface area contributed by atoms with Gasteiger partial charge in [-0.3, -0.25) is 5.41 Å². The van der Waals surface area contributed by atoms with Crippen LogP contribution < -0.4 is 15.8 Å². The van der Waals surface area contributed by atoms with Gasteiger partial charge in [0.25, 0.3) is 0 Å². The molecular formula is C28H32FN3O3. The van der Waals surface area contributed by atoms with E-state index in [2.05, 4.69) is 18.3 Å². The highest BCUT2D eigenvalue weighted by molar-refractivity contribution is 5.95. The number of nitrogens with one attached hydrogen (secondary N) is 2. The fourth-order valence-corrected chi connectivity index (χ4v) is 3.98. The minimum atomic E-state index is -1.07. The van der Waals surface area contributed by atoms with Gasteiger partial charge in [-0.1, -0.05) is 44.5 Å². The molecule has 35 heavy (non-hydrogen) atoms. The number of hydrogen-bond acceptors (Lipinski definition) is 4. The molecule has 5 N–H and O–H groups in total. The van der Waals surface area contributed by atoms with Gasteiger partial charge >= 0.3 is 5.97 Å². The Balaban J connectivity index is 1.96. The number of carboxylic acids is 1. The number of nitrogens with two attached hydrogens (primary N) is 1. The van der Waals surface area contributed by atoms with Gasteiger partial charge in [-0.15, -0.1) is 0 Å². The smallest absolute Gasteiger partial charge is 0.330 e. The maximum absolute atomic E-state index is 14.1. The highest BCUT2D eigenvalue weighted by Crippen LogP contribution is 2.34. The normalized spacial score (nSPS) is 11.6. The van der Waals surface area contributed by atoms with Gasteiger partial charge in [0.1, 0.15) is 17.4 Å². The van der Waals surface area contributed by atoms with Crippen molar-refractivity contribution in [1.29, 1.82) is 5.41 Å². The van der Waals surface area contributed by atoms with E-state index < -0.39 is 12.0 Å². The van der Waals surface area contributed by atoms with Crippen molar-refractivity contribution in [2.24, 2.45) is 5.73 Å². The van der Waals surface area contributed by atoms with Gasteiger partial charge in [0.05, 0.1) is 6.61 Å². The molecule has 3 aromatic carbocycles. The third-order valence-corrected chi connectivity index (χ3v) is 5.82. The van der Waals surface area contributed by atoms with Gasteiger partial charge in [0.2, 0.25) is 0 Å². The zero-order valence-corrected chi connectivity index (χ0v) is 20.1. The topological polar surface area (TPSA) is 108 Å². The molecule has 0 saturated heterocycles. The van der Waals surface area contributed by atoms with E-state index >= 15 is 0 Å². The van der Waals surface area contributed by atoms with Crippen molar-refractivity contribution in [3.8, 4) is 5.75 Å². The van der Waals surface area contributed by atoms with Crippen LogP contribution in [-0.2, 0) is 24.1 Å². The maximum atomic E-state index is 14.1. The van der Waals surface area contributed by atoms with E-state index in [4.69, 9.17) is 15.9 Å². The van der Waals surface area contributed by atoms with Gasteiger partial charge < -0.3 is 20.9 Å². The summed E-state index contributed by atoms with van der Waals surface area (Å²) in [5.41, 5.74) is 9.70. The van der Waals surface area contributed by atoms with Gasteiger partial charge in [0, 0.05) is 23.2 Å². The Morgan fingerprint density at radius 3 is 2.40 bits per heavy atom. The first-order valence-electron chi connectivity index (χ1n) is 11.8. The lowest BCUT2D eigenvalue weighted by molar-refractivity contribution is -0.138. The summed E-state index contributed by atoms with van der Waals surface area (Å²) in [6, 6.07) is 16.2. The summed E-state index contributed by atoms with van der Waals surface area (Å²) in [5.74, 6) is -0.863. The molecule has 3 aromatic rings. The molecule has 0 heterocycles. The lowest BCUT2D eigenvalue weighted by Crippen LogP contribution is -2.22. The molecule has 0 bridgehead atoms. The van der Waals surface area contributed by atoms with Crippen molar-refractivity contribution >= 4 is 17.5 Å². The Morgan fingerprint density at radius 1 is 1.09 bits per heavy atom. The van der Waals surface area contributed by atoms with Crippen molar-refractivity contribution in [3.63, 3.8) is 0 Å². The lowest BCUT2D eigenvalue weighted by Gasteiger charge is -2.23. The van der Waals surface area contributed by atoms with Crippen LogP contribution in [0.15, 0.2) is 60.7 Å². The van der Waals surface area contributed by atoms with Crippen LogP contribution in [0, 0.1) is 11.2 Å². The van der Waals surface area contributed by atoms with E-state index in [1.165, 1.54) is 6.07 Å². The number of rotatable bonds is 12. The van der Waals surface area contributed by atoms with Crippen LogP contribution in [0.2, 0.25) is 0 Å². The minimum Gasteiger partial charge on any atom is -0.493 e. The molecule has 0 aromatic heterocycles. The van der Waals surface area contributed by atoms with Crippen molar-refractivity contribution in [1.82, 2.24) is 0 Å². The third-order valence-electron chi connectivity index (χ3n) is 5.82. The Labute approximate surface area is 205 Å². The predicted octanol–water partition coefficient (Wildman–Crippen LogP) is 5.48. The number of benzene rings is 3. The largest absolute Gasteiger partial charge is 0.493 e. The summed E-state index contributed by atoms with van der Waals surface area (Å²) >= 11 is 0. The van der Waals surface area contributed by atoms with Gasteiger partial charge in [0.15, 0.2) is 6.04 Å². The number of carbonyl (C=O) groups is 1. The number of hydrogen-bond donors (Lipinski definition) is 4.